The molecule has 0 saturated carbocycles. The molecule has 1 fully saturated rings. The molecule has 136 valence electrons. The van der Waals surface area contributed by atoms with Crippen molar-refractivity contribution in [1.29, 1.82) is 0 Å². The van der Waals surface area contributed by atoms with Gasteiger partial charge in [-0.25, -0.2) is 4.98 Å². The minimum absolute atomic E-state index is 0.162. The predicted octanol–water partition coefficient (Wildman–Crippen LogP) is 4.86. The average molecular weight is 426 g/mol. The van der Waals surface area contributed by atoms with E-state index in [1.165, 1.54) is 11.3 Å². The fourth-order valence-corrected chi connectivity index (χ4v) is 5.39. The van der Waals surface area contributed by atoms with Crippen molar-refractivity contribution in [2.24, 2.45) is 0 Å². The number of rotatable bonds is 3. The Bertz CT molecular complexity index is 961. The number of carbonyl (C=O) groups excluding carboxylic acids is 1. The first kappa shape index (κ1) is 18.0. The number of carbonyl (C=O) groups is 1. The van der Waals surface area contributed by atoms with Crippen molar-refractivity contribution < 1.29 is 4.79 Å². The second kappa shape index (κ2) is 7.35. The molecular weight excluding hydrogens is 409 g/mol. The fraction of sp³-hybridized carbons (Fsp3) is 0.333. The predicted molar refractivity (Wildman–Crippen MR) is 111 cm³/mol. The molecule has 1 aliphatic rings. The normalized spacial score (nSPS) is 15.0. The van der Waals surface area contributed by atoms with E-state index in [-0.39, 0.29) is 5.91 Å². The first-order valence-corrected chi connectivity index (χ1v) is 10.7. The quantitative estimate of drug-likeness (QED) is 0.600. The lowest BCUT2D eigenvalue weighted by atomic mass is 10.2. The molecule has 2 aromatic heterocycles. The van der Waals surface area contributed by atoms with Gasteiger partial charge in [-0.2, -0.15) is 0 Å². The molecule has 0 spiro atoms. The van der Waals surface area contributed by atoms with Crippen LogP contribution in [0.25, 0.3) is 10.2 Å². The summed E-state index contributed by atoms with van der Waals surface area (Å²) in [4.78, 5) is 22.5. The zero-order valence-electron chi connectivity index (χ0n) is 14.2. The lowest BCUT2D eigenvalue weighted by molar-refractivity contribution is -0.130. The van der Waals surface area contributed by atoms with Crippen molar-refractivity contribution >= 4 is 67.1 Å². The van der Waals surface area contributed by atoms with E-state index in [2.05, 4.69) is 4.90 Å². The van der Waals surface area contributed by atoms with Crippen molar-refractivity contribution in [3.05, 3.63) is 44.1 Å². The second-order valence-electron chi connectivity index (χ2n) is 6.27. The molecule has 0 unspecified atom stereocenters. The second-order valence-corrected chi connectivity index (χ2v) is 9.48. The van der Waals surface area contributed by atoms with Crippen LogP contribution in [0.5, 0.6) is 0 Å². The number of piperazine rings is 1. The molecule has 8 heteroatoms. The SMILES string of the molecule is Cc1c(Cl)ccc2sc(N3CCN(C(=O)Cc4ccc(Cl)s4)CC3)nc12. The van der Waals surface area contributed by atoms with Crippen molar-refractivity contribution in [3.8, 4) is 0 Å². The van der Waals surface area contributed by atoms with Crippen molar-refractivity contribution in [1.82, 2.24) is 9.88 Å². The van der Waals surface area contributed by atoms with Crippen LogP contribution < -0.4 is 4.90 Å². The third-order valence-corrected chi connectivity index (χ3v) is 7.32. The minimum Gasteiger partial charge on any atom is -0.345 e. The number of aryl methyl sites for hydroxylation is 1. The van der Waals surface area contributed by atoms with Crippen LogP contribution in [0.4, 0.5) is 5.13 Å². The van der Waals surface area contributed by atoms with E-state index in [0.717, 1.165) is 48.2 Å². The van der Waals surface area contributed by atoms with Gasteiger partial charge in [-0.15, -0.1) is 11.3 Å². The molecule has 1 aliphatic heterocycles. The summed E-state index contributed by atoms with van der Waals surface area (Å²) in [6.45, 7) is 5.02. The Labute approximate surface area is 170 Å². The Morgan fingerprint density at radius 1 is 1.12 bits per heavy atom. The lowest BCUT2D eigenvalue weighted by Gasteiger charge is -2.34. The van der Waals surface area contributed by atoms with Gasteiger partial charge >= 0.3 is 0 Å². The standard InChI is InChI=1S/C18H17Cl2N3OS2/c1-11-13(19)3-4-14-17(11)21-18(26-14)23-8-6-22(7-9-23)16(24)10-12-2-5-15(20)25-12/h2-5H,6-10H2,1H3. The van der Waals surface area contributed by atoms with Crippen LogP contribution in [0.3, 0.4) is 0 Å². The highest BCUT2D eigenvalue weighted by molar-refractivity contribution is 7.22. The maximum Gasteiger partial charge on any atom is 0.227 e. The number of hydrogen-bond acceptors (Lipinski definition) is 5. The van der Waals surface area contributed by atoms with E-state index >= 15 is 0 Å². The van der Waals surface area contributed by atoms with Gasteiger partial charge < -0.3 is 9.80 Å². The monoisotopic (exact) mass is 425 g/mol. The van der Waals surface area contributed by atoms with Crippen LogP contribution in [0.1, 0.15) is 10.4 Å². The fourth-order valence-electron chi connectivity index (χ4n) is 3.08. The third-order valence-electron chi connectivity index (χ3n) is 4.59. The summed E-state index contributed by atoms with van der Waals surface area (Å²) in [6, 6.07) is 7.72. The van der Waals surface area contributed by atoms with Gasteiger partial charge in [-0.1, -0.05) is 34.5 Å². The highest BCUT2D eigenvalue weighted by Crippen LogP contribution is 2.34. The summed E-state index contributed by atoms with van der Waals surface area (Å²) in [7, 11) is 0. The van der Waals surface area contributed by atoms with Crippen LogP contribution >= 0.6 is 45.9 Å². The smallest absolute Gasteiger partial charge is 0.227 e. The number of thiophene rings is 1. The number of anilines is 1. The maximum atomic E-state index is 12.5. The molecule has 1 saturated heterocycles. The molecule has 1 amide bonds. The number of nitrogens with zero attached hydrogens (tertiary/aromatic N) is 3. The molecule has 26 heavy (non-hydrogen) atoms. The molecular formula is C18H17Cl2N3OS2. The van der Waals surface area contributed by atoms with Gasteiger partial charge in [0.15, 0.2) is 5.13 Å². The van der Waals surface area contributed by atoms with Crippen molar-refractivity contribution in [2.45, 2.75) is 13.3 Å². The van der Waals surface area contributed by atoms with Gasteiger partial charge in [-0.05, 0) is 36.8 Å². The average Bonchev–Trinajstić information content (AvgIpc) is 3.25. The molecule has 3 heterocycles. The number of hydrogen-bond donors (Lipinski definition) is 0. The summed E-state index contributed by atoms with van der Waals surface area (Å²) in [6.07, 6.45) is 0.427. The van der Waals surface area contributed by atoms with E-state index < -0.39 is 0 Å². The number of amides is 1. The van der Waals surface area contributed by atoms with Gasteiger partial charge in [0.25, 0.3) is 0 Å². The van der Waals surface area contributed by atoms with Gasteiger partial charge in [0.2, 0.25) is 5.91 Å². The molecule has 3 aromatic rings. The van der Waals surface area contributed by atoms with Crippen molar-refractivity contribution in [2.75, 3.05) is 31.1 Å². The summed E-state index contributed by atoms with van der Waals surface area (Å²) in [5, 5.41) is 1.75. The van der Waals surface area contributed by atoms with E-state index in [9.17, 15) is 4.79 Å². The van der Waals surface area contributed by atoms with Crippen LogP contribution in [-0.2, 0) is 11.2 Å². The number of halogens is 2. The number of thiazole rings is 1. The van der Waals surface area contributed by atoms with Gasteiger partial charge in [-0.3, -0.25) is 4.79 Å². The first-order chi connectivity index (χ1) is 12.5. The van der Waals surface area contributed by atoms with Gasteiger partial charge in [0.1, 0.15) is 0 Å². The van der Waals surface area contributed by atoms with Gasteiger partial charge in [0, 0.05) is 36.1 Å². The Morgan fingerprint density at radius 2 is 1.88 bits per heavy atom. The largest absolute Gasteiger partial charge is 0.345 e. The molecule has 0 bridgehead atoms. The van der Waals surface area contributed by atoms with Crippen LogP contribution in [-0.4, -0.2) is 42.0 Å². The Hall–Kier alpha value is -1.34. The van der Waals surface area contributed by atoms with Crippen molar-refractivity contribution in [3.63, 3.8) is 0 Å². The van der Waals surface area contributed by atoms with Crippen LogP contribution in [0.2, 0.25) is 9.36 Å². The zero-order chi connectivity index (χ0) is 18.3. The molecule has 0 atom stereocenters. The van der Waals surface area contributed by atoms with Gasteiger partial charge in [0.05, 0.1) is 21.0 Å². The Balaban J connectivity index is 1.42. The van der Waals surface area contributed by atoms with E-state index in [1.54, 1.807) is 11.3 Å². The maximum absolute atomic E-state index is 12.5. The third kappa shape index (κ3) is 3.56. The Kier molecular flexibility index (Phi) is 5.10. The lowest BCUT2D eigenvalue weighted by Crippen LogP contribution is -2.49. The summed E-state index contributed by atoms with van der Waals surface area (Å²) in [5.41, 5.74) is 2.00. The number of fused-ring (bicyclic) bond motifs is 1. The van der Waals surface area contributed by atoms with E-state index in [1.807, 2.05) is 36.1 Å². The number of benzene rings is 1. The molecule has 0 radical (unpaired) electrons. The topological polar surface area (TPSA) is 36.4 Å². The molecule has 0 aliphatic carbocycles. The minimum atomic E-state index is 0.162. The highest BCUT2D eigenvalue weighted by atomic mass is 35.5. The van der Waals surface area contributed by atoms with E-state index in [0.29, 0.717) is 19.5 Å². The van der Waals surface area contributed by atoms with E-state index in [4.69, 9.17) is 28.2 Å². The molecule has 0 N–H and O–H groups in total. The molecule has 4 rings (SSSR count). The summed E-state index contributed by atoms with van der Waals surface area (Å²) >= 11 is 15.3. The van der Waals surface area contributed by atoms with Crippen LogP contribution in [0, 0.1) is 6.92 Å². The van der Waals surface area contributed by atoms with Crippen LogP contribution in [0.15, 0.2) is 24.3 Å². The Morgan fingerprint density at radius 3 is 2.58 bits per heavy atom. The summed E-state index contributed by atoms with van der Waals surface area (Å²) in [5.74, 6) is 0.162. The first-order valence-electron chi connectivity index (χ1n) is 8.34. The number of aromatic nitrogens is 1. The zero-order valence-corrected chi connectivity index (χ0v) is 17.3. The molecule has 4 nitrogen and oxygen atoms in total. The molecule has 1 aromatic carbocycles. The highest BCUT2D eigenvalue weighted by Gasteiger charge is 2.23. The summed E-state index contributed by atoms with van der Waals surface area (Å²) < 4.78 is 1.87.